The molecule has 2 N–H and O–H groups in total. The molecule has 0 bridgehead atoms. The van der Waals surface area contributed by atoms with E-state index in [9.17, 15) is 8.42 Å². The average Bonchev–Trinajstić information content (AvgIpc) is 2.67. The van der Waals surface area contributed by atoms with Gasteiger partial charge in [-0.15, -0.1) is 24.0 Å². The van der Waals surface area contributed by atoms with Crippen LogP contribution in [0.4, 0.5) is 0 Å². The number of guanidine groups is 1. The van der Waals surface area contributed by atoms with Crippen molar-refractivity contribution in [1.29, 1.82) is 0 Å². The number of halogens is 1. The maximum absolute atomic E-state index is 11.9. The minimum atomic E-state index is -3.09. The molecule has 1 aliphatic rings. The fraction of sp³-hybridized carbons (Fsp3) is 0.632. The number of benzene rings is 1. The first-order valence-electron chi connectivity index (χ1n) is 9.53. The molecule has 0 spiro atoms. The van der Waals surface area contributed by atoms with Crippen molar-refractivity contribution in [3.05, 3.63) is 29.8 Å². The van der Waals surface area contributed by atoms with Crippen molar-refractivity contribution in [3.8, 4) is 5.75 Å². The molecule has 7 nitrogen and oxygen atoms in total. The third kappa shape index (κ3) is 7.40. The van der Waals surface area contributed by atoms with Gasteiger partial charge in [0.15, 0.2) is 5.96 Å². The summed E-state index contributed by atoms with van der Waals surface area (Å²) < 4.78 is 31.5. The molecule has 0 aliphatic carbocycles. The van der Waals surface area contributed by atoms with Gasteiger partial charge in [-0.1, -0.05) is 18.2 Å². The second-order valence-electron chi connectivity index (χ2n) is 6.87. The van der Waals surface area contributed by atoms with Gasteiger partial charge in [0.1, 0.15) is 11.9 Å². The molecular formula is C19H33IN4O3S. The lowest BCUT2D eigenvalue weighted by molar-refractivity contribution is 0.222. The standard InChI is InChI=1S/C19H32N4O3S.HI/c1-5-27(24,25)23-12-10-17(11-13-23)22-19(20-4)21-14-16(3)26-18-9-7-6-8-15(18)2;/h6-9,16-17H,5,10-14H2,1-4H3,(H2,20,21,22);1H. The first-order chi connectivity index (χ1) is 12.9. The van der Waals surface area contributed by atoms with Crippen LogP contribution < -0.4 is 15.4 Å². The van der Waals surface area contributed by atoms with Crippen molar-refractivity contribution >= 4 is 40.0 Å². The first-order valence-corrected chi connectivity index (χ1v) is 11.1. The summed E-state index contributed by atoms with van der Waals surface area (Å²) in [5.41, 5.74) is 1.11. The van der Waals surface area contributed by atoms with Crippen molar-refractivity contribution < 1.29 is 13.2 Å². The number of rotatable bonds is 7. The predicted octanol–water partition coefficient (Wildman–Crippen LogP) is 2.36. The number of piperidine rings is 1. The van der Waals surface area contributed by atoms with E-state index in [1.54, 1.807) is 18.3 Å². The molecule has 1 fully saturated rings. The molecule has 1 aromatic rings. The van der Waals surface area contributed by atoms with E-state index >= 15 is 0 Å². The van der Waals surface area contributed by atoms with Gasteiger partial charge in [-0.3, -0.25) is 4.99 Å². The van der Waals surface area contributed by atoms with Crippen LogP contribution in [0.2, 0.25) is 0 Å². The normalized spacial score (nSPS) is 17.5. The summed E-state index contributed by atoms with van der Waals surface area (Å²) in [6.07, 6.45) is 1.53. The van der Waals surface area contributed by atoms with Crippen LogP contribution in [0.1, 0.15) is 32.3 Å². The summed E-state index contributed by atoms with van der Waals surface area (Å²) in [6, 6.07) is 8.17. The van der Waals surface area contributed by atoms with Gasteiger partial charge in [0.2, 0.25) is 10.0 Å². The molecule has 1 saturated heterocycles. The Labute approximate surface area is 186 Å². The van der Waals surface area contributed by atoms with Crippen molar-refractivity contribution in [1.82, 2.24) is 14.9 Å². The Hall–Kier alpha value is -1.07. The van der Waals surface area contributed by atoms with Gasteiger partial charge < -0.3 is 15.4 Å². The van der Waals surface area contributed by atoms with Gasteiger partial charge in [0.25, 0.3) is 0 Å². The molecule has 1 heterocycles. The van der Waals surface area contributed by atoms with Crippen molar-refractivity contribution in [3.63, 3.8) is 0 Å². The summed E-state index contributed by atoms with van der Waals surface area (Å²) in [5.74, 6) is 1.76. The lowest BCUT2D eigenvalue weighted by atomic mass is 10.1. The third-order valence-corrected chi connectivity index (χ3v) is 6.64. The molecule has 28 heavy (non-hydrogen) atoms. The molecule has 9 heteroatoms. The number of hydrogen-bond acceptors (Lipinski definition) is 4. The maximum atomic E-state index is 11.9. The molecule has 0 aromatic heterocycles. The molecule has 0 saturated carbocycles. The second-order valence-corrected chi connectivity index (χ2v) is 9.12. The SMILES string of the molecule is CCS(=O)(=O)N1CCC(NC(=NC)NCC(C)Oc2ccccc2C)CC1.I. The Kier molecular flexibility index (Phi) is 10.5. The zero-order valence-corrected chi connectivity index (χ0v) is 20.3. The number of ether oxygens (including phenoxy) is 1. The van der Waals surface area contributed by atoms with Crippen molar-refractivity contribution in [2.45, 2.75) is 45.8 Å². The van der Waals surface area contributed by atoms with Gasteiger partial charge in [0, 0.05) is 26.2 Å². The number of nitrogens with zero attached hydrogens (tertiary/aromatic N) is 2. The van der Waals surface area contributed by atoms with Crippen LogP contribution >= 0.6 is 24.0 Å². The van der Waals surface area contributed by atoms with E-state index in [4.69, 9.17) is 4.74 Å². The van der Waals surface area contributed by atoms with Crippen LogP contribution in [0.3, 0.4) is 0 Å². The number of nitrogens with one attached hydrogen (secondary N) is 2. The number of aryl methyl sites for hydroxylation is 1. The van der Waals surface area contributed by atoms with Crippen LogP contribution in [-0.4, -0.2) is 63.3 Å². The molecule has 2 rings (SSSR count). The van der Waals surface area contributed by atoms with E-state index in [-0.39, 0.29) is 41.9 Å². The van der Waals surface area contributed by atoms with Crippen molar-refractivity contribution in [2.75, 3.05) is 32.4 Å². The second kappa shape index (κ2) is 11.8. The van der Waals surface area contributed by atoms with Gasteiger partial charge >= 0.3 is 0 Å². The average molecular weight is 524 g/mol. The number of hydrogen-bond donors (Lipinski definition) is 2. The number of aliphatic imine (C=N–C) groups is 1. The molecule has 1 unspecified atom stereocenters. The molecule has 160 valence electrons. The van der Waals surface area contributed by atoms with Crippen LogP contribution in [0.25, 0.3) is 0 Å². The highest BCUT2D eigenvalue weighted by atomic mass is 127. The number of sulfonamides is 1. The minimum absolute atomic E-state index is 0. The lowest BCUT2D eigenvalue weighted by Crippen LogP contribution is -2.51. The topological polar surface area (TPSA) is 83.0 Å². The summed E-state index contributed by atoms with van der Waals surface area (Å²) >= 11 is 0. The van der Waals surface area contributed by atoms with Crippen LogP contribution in [-0.2, 0) is 10.0 Å². The first kappa shape index (κ1) is 25.0. The zero-order valence-electron chi connectivity index (χ0n) is 17.1. The highest BCUT2D eigenvalue weighted by Crippen LogP contribution is 2.17. The summed E-state index contributed by atoms with van der Waals surface area (Å²) in [4.78, 5) is 4.27. The largest absolute Gasteiger partial charge is 0.489 e. The van der Waals surface area contributed by atoms with E-state index in [1.165, 1.54) is 0 Å². The van der Waals surface area contributed by atoms with E-state index in [0.717, 1.165) is 24.2 Å². The molecule has 1 atom stereocenters. The van der Waals surface area contributed by atoms with Crippen LogP contribution in [0, 0.1) is 6.92 Å². The van der Waals surface area contributed by atoms with Gasteiger partial charge in [-0.25, -0.2) is 12.7 Å². The third-order valence-electron chi connectivity index (χ3n) is 4.76. The fourth-order valence-corrected chi connectivity index (χ4v) is 4.17. The van der Waals surface area contributed by atoms with Gasteiger partial charge in [-0.05, 0) is 45.2 Å². The van der Waals surface area contributed by atoms with Crippen molar-refractivity contribution in [2.24, 2.45) is 4.99 Å². The Morgan fingerprint density at radius 3 is 2.54 bits per heavy atom. The summed E-state index contributed by atoms with van der Waals surface area (Å²) in [7, 11) is -1.36. The Bertz CT molecular complexity index is 734. The van der Waals surface area contributed by atoms with E-state index < -0.39 is 10.0 Å². The molecular weight excluding hydrogens is 491 g/mol. The fourth-order valence-electron chi connectivity index (χ4n) is 3.04. The zero-order chi connectivity index (χ0) is 19.9. The Balaban J connectivity index is 0.00000392. The van der Waals surface area contributed by atoms with E-state index in [1.807, 2.05) is 38.1 Å². The summed E-state index contributed by atoms with van der Waals surface area (Å²) in [5, 5.41) is 6.68. The predicted molar refractivity (Wildman–Crippen MR) is 125 cm³/mol. The molecule has 1 aromatic carbocycles. The summed E-state index contributed by atoms with van der Waals surface area (Å²) in [6.45, 7) is 7.46. The van der Waals surface area contributed by atoms with Gasteiger partial charge in [0.05, 0.1) is 12.3 Å². The Morgan fingerprint density at radius 1 is 1.32 bits per heavy atom. The maximum Gasteiger partial charge on any atom is 0.213 e. The minimum Gasteiger partial charge on any atom is -0.489 e. The molecule has 1 aliphatic heterocycles. The quantitative estimate of drug-likeness (QED) is 0.325. The molecule has 0 radical (unpaired) electrons. The lowest BCUT2D eigenvalue weighted by Gasteiger charge is -2.32. The highest BCUT2D eigenvalue weighted by molar-refractivity contribution is 14.0. The van der Waals surface area contributed by atoms with E-state index in [2.05, 4.69) is 15.6 Å². The highest BCUT2D eigenvalue weighted by Gasteiger charge is 2.27. The Morgan fingerprint density at radius 2 is 1.96 bits per heavy atom. The van der Waals surface area contributed by atoms with Gasteiger partial charge in [-0.2, -0.15) is 0 Å². The number of para-hydroxylation sites is 1. The smallest absolute Gasteiger partial charge is 0.213 e. The monoisotopic (exact) mass is 524 g/mol. The molecule has 0 amide bonds. The van der Waals surface area contributed by atoms with Crippen LogP contribution in [0.15, 0.2) is 29.3 Å². The van der Waals surface area contributed by atoms with E-state index in [0.29, 0.717) is 25.6 Å². The van der Waals surface area contributed by atoms with Crippen LogP contribution in [0.5, 0.6) is 5.75 Å².